The molecule has 0 aromatic heterocycles. The number of carbonyl (C=O) groups is 1. The predicted molar refractivity (Wildman–Crippen MR) is 67.0 cm³/mol. The SMILES string of the molecule is COc1cc(C(C)=O)ccc1OCCSC(F)(F)F. The van der Waals surface area contributed by atoms with Crippen LogP contribution in [0.5, 0.6) is 11.5 Å². The van der Waals surface area contributed by atoms with Crippen LogP contribution in [0.4, 0.5) is 13.2 Å². The first-order valence-electron chi connectivity index (χ1n) is 5.36. The molecule has 1 rings (SSSR count). The summed E-state index contributed by atoms with van der Waals surface area (Å²) in [5.41, 5.74) is -3.81. The molecule has 0 unspecified atom stereocenters. The molecule has 1 aromatic carbocycles. The Morgan fingerprint density at radius 1 is 1.32 bits per heavy atom. The van der Waals surface area contributed by atoms with E-state index in [9.17, 15) is 18.0 Å². The van der Waals surface area contributed by atoms with Gasteiger partial charge in [-0.05, 0) is 36.9 Å². The quantitative estimate of drug-likeness (QED) is 0.594. The van der Waals surface area contributed by atoms with Gasteiger partial charge in [0.05, 0.1) is 13.7 Å². The zero-order chi connectivity index (χ0) is 14.5. The second-order valence-electron chi connectivity index (χ2n) is 3.56. The largest absolute Gasteiger partial charge is 0.493 e. The van der Waals surface area contributed by atoms with Gasteiger partial charge in [-0.25, -0.2) is 0 Å². The fraction of sp³-hybridized carbons (Fsp3) is 0.417. The van der Waals surface area contributed by atoms with Crippen LogP contribution in [0.15, 0.2) is 18.2 Å². The number of rotatable bonds is 6. The molecule has 1 aromatic rings. The maximum absolute atomic E-state index is 11.9. The van der Waals surface area contributed by atoms with Crippen LogP contribution in [0, 0.1) is 0 Å². The monoisotopic (exact) mass is 294 g/mol. The van der Waals surface area contributed by atoms with Crippen molar-refractivity contribution >= 4 is 17.5 Å². The lowest BCUT2D eigenvalue weighted by Crippen LogP contribution is -2.08. The lowest BCUT2D eigenvalue weighted by molar-refractivity contribution is -0.0329. The van der Waals surface area contributed by atoms with Gasteiger partial charge in [0, 0.05) is 11.3 Å². The van der Waals surface area contributed by atoms with E-state index in [0.29, 0.717) is 17.1 Å². The summed E-state index contributed by atoms with van der Waals surface area (Å²) in [6.07, 6.45) is 0. The van der Waals surface area contributed by atoms with Gasteiger partial charge in [0.1, 0.15) is 0 Å². The summed E-state index contributed by atoms with van der Waals surface area (Å²) in [6.45, 7) is 1.31. The molecule has 0 aliphatic carbocycles. The highest BCUT2D eigenvalue weighted by Gasteiger charge is 2.27. The fourth-order valence-corrected chi connectivity index (χ4v) is 1.71. The molecular weight excluding hydrogens is 281 g/mol. The molecule has 0 bridgehead atoms. The molecule has 0 saturated heterocycles. The van der Waals surface area contributed by atoms with Crippen molar-refractivity contribution in [3.05, 3.63) is 23.8 Å². The number of thioether (sulfide) groups is 1. The molecule has 0 aliphatic heterocycles. The van der Waals surface area contributed by atoms with Crippen LogP contribution in [-0.2, 0) is 0 Å². The van der Waals surface area contributed by atoms with E-state index in [1.54, 1.807) is 0 Å². The third-order valence-corrected chi connectivity index (χ3v) is 2.87. The standard InChI is InChI=1S/C12H13F3O3S/c1-8(16)9-3-4-10(11(7-9)17-2)18-5-6-19-12(13,14)15/h3-4,7H,5-6H2,1-2H3. The molecule has 0 aliphatic rings. The fourth-order valence-electron chi connectivity index (χ4n) is 1.31. The lowest BCUT2D eigenvalue weighted by Gasteiger charge is -2.12. The molecule has 7 heteroatoms. The Balaban J connectivity index is 2.61. The van der Waals surface area contributed by atoms with Crippen LogP contribution in [0.3, 0.4) is 0 Å². The van der Waals surface area contributed by atoms with E-state index >= 15 is 0 Å². The summed E-state index contributed by atoms with van der Waals surface area (Å²) < 4.78 is 46.0. The van der Waals surface area contributed by atoms with Crippen molar-refractivity contribution in [1.29, 1.82) is 0 Å². The number of benzene rings is 1. The van der Waals surface area contributed by atoms with E-state index in [1.807, 2.05) is 0 Å². The van der Waals surface area contributed by atoms with Gasteiger partial charge in [0.25, 0.3) is 0 Å². The highest BCUT2D eigenvalue weighted by molar-refractivity contribution is 8.00. The Bertz CT molecular complexity index is 446. The Morgan fingerprint density at radius 3 is 2.53 bits per heavy atom. The van der Waals surface area contributed by atoms with Crippen LogP contribution < -0.4 is 9.47 Å². The van der Waals surface area contributed by atoms with Crippen molar-refractivity contribution in [2.24, 2.45) is 0 Å². The summed E-state index contributed by atoms with van der Waals surface area (Å²) in [5.74, 6) is 0.304. The minimum Gasteiger partial charge on any atom is -0.493 e. The van der Waals surface area contributed by atoms with Gasteiger partial charge >= 0.3 is 5.51 Å². The summed E-state index contributed by atoms with van der Waals surface area (Å²) in [7, 11) is 1.40. The van der Waals surface area contributed by atoms with Gasteiger partial charge in [-0.2, -0.15) is 13.2 Å². The lowest BCUT2D eigenvalue weighted by atomic mass is 10.1. The molecule has 0 heterocycles. The van der Waals surface area contributed by atoms with Crippen molar-refractivity contribution in [2.45, 2.75) is 12.4 Å². The first kappa shape index (κ1) is 15.7. The van der Waals surface area contributed by atoms with Gasteiger partial charge < -0.3 is 9.47 Å². The van der Waals surface area contributed by atoms with Crippen molar-refractivity contribution < 1.29 is 27.4 Å². The molecule has 106 valence electrons. The minimum atomic E-state index is -4.26. The molecule has 0 spiro atoms. The van der Waals surface area contributed by atoms with Crippen LogP contribution in [0.25, 0.3) is 0 Å². The zero-order valence-electron chi connectivity index (χ0n) is 10.4. The minimum absolute atomic E-state index is 0.0973. The number of alkyl halides is 3. The number of hydrogen-bond donors (Lipinski definition) is 0. The maximum Gasteiger partial charge on any atom is 0.441 e. The normalized spacial score (nSPS) is 11.2. The second-order valence-corrected chi connectivity index (χ2v) is 4.72. The number of ether oxygens (including phenoxy) is 2. The summed E-state index contributed by atoms with van der Waals surface area (Å²) >= 11 is -0.146. The Hall–Kier alpha value is -1.37. The van der Waals surface area contributed by atoms with Crippen LogP contribution >= 0.6 is 11.8 Å². The number of Topliss-reactive ketones (excluding diaryl/α,β-unsaturated/α-hetero) is 1. The number of carbonyl (C=O) groups excluding carboxylic acids is 1. The third kappa shape index (κ3) is 5.42. The molecule has 0 fully saturated rings. The van der Waals surface area contributed by atoms with Crippen molar-refractivity contribution in [2.75, 3.05) is 19.5 Å². The molecule has 0 atom stereocenters. The van der Waals surface area contributed by atoms with E-state index in [0.717, 1.165) is 0 Å². The van der Waals surface area contributed by atoms with E-state index in [-0.39, 0.29) is 29.9 Å². The molecular formula is C12H13F3O3S. The third-order valence-electron chi connectivity index (χ3n) is 2.18. The number of halogens is 3. The van der Waals surface area contributed by atoms with Gasteiger partial charge in [-0.15, -0.1) is 0 Å². The average molecular weight is 294 g/mol. The topological polar surface area (TPSA) is 35.5 Å². The molecule has 3 nitrogen and oxygen atoms in total. The van der Waals surface area contributed by atoms with Crippen molar-refractivity contribution in [3.8, 4) is 11.5 Å². The first-order chi connectivity index (χ1) is 8.83. The van der Waals surface area contributed by atoms with Crippen LogP contribution in [0.1, 0.15) is 17.3 Å². The molecule has 19 heavy (non-hydrogen) atoms. The van der Waals surface area contributed by atoms with Gasteiger partial charge in [-0.1, -0.05) is 0 Å². The molecule has 0 saturated carbocycles. The number of ketones is 1. The van der Waals surface area contributed by atoms with Crippen molar-refractivity contribution in [3.63, 3.8) is 0 Å². The van der Waals surface area contributed by atoms with E-state index in [2.05, 4.69) is 0 Å². The molecule has 0 N–H and O–H groups in total. The van der Waals surface area contributed by atoms with Crippen molar-refractivity contribution in [1.82, 2.24) is 0 Å². The average Bonchev–Trinajstić information content (AvgIpc) is 2.33. The molecule has 0 radical (unpaired) electrons. The van der Waals surface area contributed by atoms with E-state index in [4.69, 9.17) is 9.47 Å². The van der Waals surface area contributed by atoms with E-state index in [1.165, 1.54) is 32.2 Å². The zero-order valence-corrected chi connectivity index (χ0v) is 11.2. The van der Waals surface area contributed by atoms with Gasteiger partial charge in [0.15, 0.2) is 17.3 Å². The second kappa shape index (κ2) is 6.70. The summed E-state index contributed by atoms with van der Waals surface area (Å²) in [5, 5.41) is 0. The number of methoxy groups -OCH3 is 1. The highest BCUT2D eigenvalue weighted by Crippen LogP contribution is 2.31. The Labute approximate surface area is 113 Å². The summed E-state index contributed by atoms with van der Waals surface area (Å²) in [6, 6.07) is 4.54. The Morgan fingerprint density at radius 2 is 2.00 bits per heavy atom. The van der Waals surface area contributed by atoms with Gasteiger partial charge in [-0.3, -0.25) is 4.79 Å². The van der Waals surface area contributed by atoms with Crippen LogP contribution in [0.2, 0.25) is 0 Å². The van der Waals surface area contributed by atoms with E-state index < -0.39 is 5.51 Å². The predicted octanol–water partition coefficient (Wildman–Crippen LogP) is 3.53. The summed E-state index contributed by atoms with van der Waals surface area (Å²) in [4.78, 5) is 11.2. The Kier molecular flexibility index (Phi) is 5.53. The van der Waals surface area contributed by atoms with Gasteiger partial charge in [0.2, 0.25) is 0 Å². The number of hydrogen-bond acceptors (Lipinski definition) is 4. The first-order valence-corrected chi connectivity index (χ1v) is 6.34. The maximum atomic E-state index is 11.9. The molecule has 0 amide bonds. The van der Waals surface area contributed by atoms with Crippen LogP contribution in [-0.4, -0.2) is 30.8 Å². The smallest absolute Gasteiger partial charge is 0.441 e. The highest BCUT2D eigenvalue weighted by atomic mass is 32.2.